The monoisotopic (exact) mass is 260 g/mol. The van der Waals surface area contributed by atoms with Crippen molar-refractivity contribution in [2.75, 3.05) is 5.32 Å². The molecule has 0 saturated carbocycles. The van der Waals surface area contributed by atoms with E-state index < -0.39 is 0 Å². The van der Waals surface area contributed by atoms with Gasteiger partial charge < -0.3 is 16.4 Å². The Morgan fingerprint density at radius 1 is 1.33 bits per heavy atom. The van der Waals surface area contributed by atoms with Crippen LogP contribution in [0.3, 0.4) is 0 Å². The van der Waals surface area contributed by atoms with Crippen molar-refractivity contribution in [2.45, 2.75) is 19.9 Å². The van der Waals surface area contributed by atoms with Gasteiger partial charge in [0.15, 0.2) is 0 Å². The Hall–Kier alpha value is -2.06. The fraction of sp³-hybridized carbons (Fsp3) is 0.231. The van der Waals surface area contributed by atoms with Crippen molar-refractivity contribution in [3.63, 3.8) is 0 Å². The first-order valence-corrected chi connectivity index (χ1v) is 5.98. The van der Waals surface area contributed by atoms with Crippen LogP contribution in [0.5, 0.6) is 0 Å². The van der Waals surface area contributed by atoms with Crippen LogP contribution in [-0.2, 0) is 0 Å². The van der Waals surface area contributed by atoms with Crippen LogP contribution in [0.25, 0.3) is 0 Å². The molecule has 1 aromatic rings. The minimum Gasteiger partial charge on any atom is -0.384 e. The van der Waals surface area contributed by atoms with Gasteiger partial charge in [0.05, 0.1) is 0 Å². The van der Waals surface area contributed by atoms with E-state index in [1.54, 1.807) is 0 Å². The maximum Gasteiger partial charge on any atom is 0.126 e. The normalized spacial score (nSPS) is 11.4. The van der Waals surface area contributed by atoms with Crippen LogP contribution in [-0.4, -0.2) is 11.0 Å². The largest absolute Gasteiger partial charge is 0.384 e. The molecule has 0 aliphatic heterocycles. The van der Waals surface area contributed by atoms with E-state index in [1.165, 1.54) is 0 Å². The van der Waals surface area contributed by atoms with Crippen molar-refractivity contribution in [3.05, 3.63) is 41.7 Å². The number of hydrogen-bond donors (Lipinski definition) is 3. The standard InChI is InChI=1S/C13H16N4S/c1-9(2)16-12(15)11(8-14)13(18)17-10-6-4-3-5-7-10/h3-7,9,16H,15H2,1-2H3,(H,17,18)/b12-11+. The molecule has 0 unspecified atom stereocenters. The highest BCUT2D eigenvalue weighted by Gasteiger charge is 2.10. The Kier molecular flexibility index (Phi) is 5.15. The summed E-state index contributed by atoms with van der Waals surface area (Å²) in [5, 5.41) is 15.0. The summed E-state index contributed by atoms with van der Waals surface area (Å²) < 4.78 is 0. The van der Waals surface area contributed by atoms with Gasteiger partial charge in [-0.1, -0.05) is 30.4 Å². The topological polar surface area (TPSA) is 73.9 Å². The summed E-state index contributed by atoms with van der Waals surface area (Å²) in [4.78, 5) is 0.314. The fourth-order valence-corrected chi connectivity index (χ4v) is 1.61. The van der Waals surface area contributed by atoms with Crippen LogP contribution in [0.2, 0.25) is 0 Å². The summed E-state index contributed by atoms with van der Waals surface area (Å²) in [5.41, 5.74) is 6.88. The Balaban J connectivity index is 2.84. The quantitative estimate of drug-likeness (QED) is 0.439. The second-order valence-corrected chi connectivity index (χ2v) is 4.43. The van der Waals surface area contributed by atoms with E-state index in [2.05, 4.69) is 10.6 Å². The lowest BCUT2D eigenvalue weighted by Gasteiger charge is -2.13. The van der Waals surface area contributed by atoms with E-state index in [0.717, 1.165) is 5.69 Å². The van der Waals surface area contributed by atoms with Crippen molar-refractivity contribution >= 4 is 22.9 Å². The summed E-state index contributed by atoms with van der Waals surface area (Å²) in [6.07, 6.45) is 0. The van der Waals surface area contributed by atoms with E-state index in [0.29, 0.717) is 10.8 Å². The van der Waals surface area contributed by atoms with Crippen LogP contribution in [0, 0.1) is 11.3 Å². The smallest absolute Gasteiger partial charge is 0.126 e. The summed E-state index contributed by atoms with van der Waals surface area (Å²) in [6, 6.07) is 11.6. The number of nitrogens with two attached hydrogens (primary N) is 1. The third-order valence-corrected chi connectivity index (χ3v) is 2.39. The predicted octanol–water partition coefficient (Wildman–Crippen LogP) is 2.12. The molecule has 5 heteroatoms. The predicted molar refractivity (Wildman–Crippen MR) is 77.8 cm³/mol. The van der Waals surface area contributed by atoms with Crippen LogP contribution in [0.4, 0.5) is 5.69 Å². The molecular formula is C13H16N4S. The average molecular weight is 260 g/mol. The molecule has 0 fully saturated rings. The molecule has 0 aliphatic rings. The van der Waals surface area contributed by atoms with Gasteiger partial charge >= 0.3 is 0 Å². The van der Waals surface area contributed by atoms with Crippen molar-refractivity contribution < 1.29 is 0 Å². The maximum absolute atomic E-state index is 9.10. The number of nitriles is 1. The van der Waals surface area contributed by atoms with Gasteiger partial charge in [-0.2, -0.15) is 5.26 Å². The first-order valence-electron chi connectivity index (χ1n) is 5.57. The first kappa shape index (κ1) is 14.0. The third kappa shape index (κ3) is 4.07. The molecule has 0 amide bonds. The number of nitrogens with one attached hydrogen (secondary N) is 2. The molecule has 0 aliphatic carbocycles. The lowest BCUT2D eigenvalue weighted by atomic mass is 10.2. The fourth-order valence-electron chi connectivity index (χ4n) is 1.33. The lowest BCUT2D eigenvalue weighted by molar-refractivity contribution is 0.661. The first-order chi connectivity index (χ1) is 8.54. The molecule has 94 valence electrons. The molecule has 1 rings (SSSR count). The number of para-hydroxylation sites is 1. The van der Waals surface area contributed by atoms with Crippen molar-refractivity contribution in [2.24, 2.45) is 5.73 Å². The minimum absolute atomic E-state index is 0.146. The van der Waals surface area contributed by atoms with Crippen LogP contribution in [0.15, 0.2) is 41.7 Å². The molecule has 0 radical (unpaired) electrons. The van der Waals surface area contributed by atoms with E-state index >= 15 is 0 Å². The van der Waals surface area contributed by atoms with E-state index in [9.17, 15) is 0 Å². The zero-order chi connectivity index (χ0) is 13.5. The summed E-state index contributed by atoms with van der Waals surface area (Å²) in [6.45, 7) is 3.88. The Morgan fingerprint density at radius 2 is 1.94 bits per heavy atom. The number of benzene rings is 1. The number of rotatable bonds is 4. The van der Waals surface area contributed by atoms with Crippen molar-refractivity contribution in [1.29, 1.82) is 5.26 Å². The molecule has 0 atom stereocenters. The van der Waals surface area contributed by atoms with Gasteiger partial charge in [-0.15, -0.1) is 0 Å². The van der Waals surface area contributed by atoms with Gasteiger partial charge in [0.2, 0.25) is 0 Å². The molecule has 0 heterocycles. The van der Waals surface area contributed by atoms with Crippen molar-refractivity contribution in [3.8, 4) is 6.07 Å². The third-order valence-electron chi connectivity index (χ3n) is 2.08. The van der Waals surface area contributed by atoms with E-state index in [4.69, 9.17) is 23.2 Å². The average Bonchev–Trinajstić information content (AvgIpc) is 2.30. The zero-order valence-electron chi connectivity index (χ0n) is 10.4. The highest BCUT2D eigenvalue weighted by Crippen LogP contribution is 2.09. The number of thiocarbonyl (C=S) groups is 1. The van der Waals surface area contributed by atoms with E-state index in [1.807, 2.05) is 50.2 Å². The molecular weight excluding hydrogens is 244 g/mol. The second-order valence-electron chi connectivity index (χ2n) is 4.02. The van der Waals surface area contributed by atoms with Crippen LogP contribution >= 0.6 is 12.2 Å². The van der Waals surface area contributed by atoms with Gasteiger partial charge in [0, 0.05) is 11.7 Å². The Morgan fingerprint density at radius 3 is 2.44 bits per heavy atom. The van der Waals surface area contributed by atoms with Gasteiger partial charge in [-0.25, -0.2) is 0 Å². The van der Waals surface area contributed by atoms with Gasteiger partial charge in [-0.3, -0.25) is 0 Å². The van der Waals surface area contributed by atoms with Gasteiger partial charge in [0.25, 0.3) is 0 Å². The zero-order valence-corrected chi connectivity index (χ0v) is 11.2. The van der Waals surface area contributed by atoms with Crippen LogP contribution in [0.1, 0.15) is 13.8 Å². The van der Waals surface area contributed by atoms with Crippen molar-refractivity contribution in [1.82, 2.24) is 5.32 Å². The Labute approximate surface area is 112 Å². The minimum atomic E-state index is 0.146. The molecule has 1 aromatic carbocycles. The molecule has 0 aromatic heterocycles. The molecule has 0 saturated heterocycles. The number of nitrogens with zero attached hydrogens (tertiary/aromatic N) is 1. The van der Waals surface area contributed by atoms with Crippen LogP contribution < -0.4 is 16.4 Å². The Bertz CT molecular complexity index is 485. The highest BCUT2D eigenvalue weighted by molar-refractivity contribution is 7.81. The molecule has 4 N–H and O–H groups in total. The number of anilines is 1. The summed E-state index contributed by atoms with van der Waals surface area (Å²) in [7, 11) is 0. The second kappa shape index (κ2) is 6.62. The number of hydrogen-bond acceptors (Lipinski definition) is 4. The molecule has 0 spiro atoms. The summed E-state index contributed by atoms with van der Waals surface area (Å²) in [5.74, 6) is 0.293. The molecule has 18 heavy (non-hydrogen) atoms. The van der Waals surface area contributed by atoms with Gasteiger partial charge in [0.1, 0.15) is 22.5 Å². The van der Waals surface area contributed by atoms with E-state index in [-0.39, 0.29) is 11.6 Å². The van der Waals surface area contributed by atoms with Gasteiger partial charge in [-0.05, 0) is 26.0 Å². The maximum atomic E-state index is 9.10. The molecule has 4 nitrogen and oxygen atoms in total. The molecule has 0 bridgehead atoms. The lowest BCUT2D eigenvalue weighted by Crippen LogP contribution is -2.30. The SMILES string of the molecule is CC(C)N/C(N)=C(\C#N)C(=S)Nc1ccccc1. The summed E-state index contributed by atoms with van der Waals surface area (Å²) >= 11 is 5.17. The highest BCUT2D eigenvalue weighted by atomic mass is 32.1.